The molecule has 0 fully saturated rings. The third-order valence-corrected chi connectivity index (χ3v) is 1.53. The predicted octanol–water partition coefficient (Wildman–Crippen LogP) is -0.155. The zero-order valence-electron chi connectivity index (χ0n) is 4.56. The minimum Gasteiger partial charge on any atom is -0.281 e. The second kappa shape index (κ2) is 3.45. The SMILES string of the molecule is O=S(=O)(O)C(F)(F)C(F)(F)F.[AlH3]. The highest BCUT2D eigenvalue weighted by molar-refractivity contribution is 7.86. The van der Waals surface area contributed by atoms with Crippen molar-refractivity contribution in [3.05, 3.63) is 0 Å². The fraction of sp³-hybridized carbons (Fsp3) is 1.00. The molecule has 0 unspecified atom stereocenters. The average Bonchev–Trinajstić information content (AvgIpc) is 1.58. The molecule has 0 saturated heterocycles. The summed E-state index contributed by atoms with van der Waals surface area (Å²) in [6.45, 7) is 0. The van der Waals surface area contributed by atoms with Gasteiger partial charge in [0.25, 0.3) is 0 Å². The number of hydrogen-bond acceptors (Lipinski definition) is 2. The van der Waals surface area contributed by atoms with Crippen LogP contribution in [0.4, 0.5) is 22.0 Å². The number of halogens is 5. The lowest BCUT2D eigenvalue weighted by Crippen LogP contribution is -2.43. The molecular formula is C2H4AlF5O3S. The summed E-state index contributed by atoms with van der Waals surface area (Å²) in [4.78, 5) is 0. The van der Waals surface area contributed by atoms with Crippen molar-refractivity contribution < 1.29 is 34.9 Å². The van der Waals surface area contributed by atoms with Crippen LogP contribution >= 0.6 is 0 Å². The highest BCUT2D eigenvalue weighted by Gasteiger charge is 2.67. The number of hydrogen-bond donors (Lipinski definition) is 1. The van der Waals surface area contributed by atoms with Gasteiger partial charge in [0.1, 0.15) is 0 Å². The fourth-order valence-corrected chi connectivity index (χ4v) is 0.439. The van der Waals surface area contributed by atoms with E-state index >= 15 is 0 Å². The van der Waals surface area contributed by atoms with Crippen LogP contribution < -0.4 is 0 Å². The topological polar surface area (TPSA) is 54.4 Å². The van der Waals surface area contributed by atoms with Crippen molar-refractivity contribution in [1.29, 1.82) is 0 Å². The van der Waals surface area contributed by atoms with E-state index in [1.165, 1.54) is 0 Å². The Balaban J connectivity index is 0. The summed E-state index contributed by atoms with van der Waals surface area (Å²) in [6, 6.07) is 0. The summed E-state index contributed by atoms with van der Waals surface area (Å²) >= 11 is 0. The van der Waals surface area contributed by atoms with Gasteiger partial charge in [-0.25, -0.2) is 0 Å². The van der Waals surface area contributed by atoms with Crippen molar-refractivity contribution in [1.82, 2.24) is 0 Å². The molecule has 0 atom stereocenters. The largest absolute Gasteiger partial charge is 0.472 e. The van der Waals surface area contributed by atoms with Gasteiger partial charge in [-0.3, -0.25) is 4.55 Å². The molecule has 1 N–H and O–H groups in total. The molecule has 0 aromatic carbocycles. The molecule has 0 bridgehead atoms. The second-order valence-corrected chi connectivity index (χ2v) is 2.95. The summed E-state index contributed by atoms with van der Waals surface area (Å²) in [6.07, 6.45) is -6.29. The predicted molar refractivity (Wildman–Crippen MR) is 32.5 cm³/mol. The Labute approximate surface area is 74.4 Å². The molecule has 0 aliphatic heterocycles. The van der Waals surface area contributed by atoms with Gasteiger partial charge in [0.15, 0.2) is 17.4 Å². The van der Waals surface area contributed by atoms with Crippen LogP contribution in [0.5, 0.6) is 0 Å². The zero-order valence-corrected chi connectivity index (χ0v) is 5.38. The quantitative estimate of drug-likeness (QED) is 0.387. The van der Waals surface area contributed by atoms with E-state index in [0.717, 1.165) is 0 Å². The van der Waals surface area contributed by atoms with Crippen LogP contribution in [0.3, 0.4) is 0 Å². The van der Waals surface area contributed by atoms with Gasteiger partial charge in [-0.15, -0.1) is 0 Å². The first-order valence-electron chi connectivity index (χ1n) is 1.91. The molecule has 74 valence electrons. The zero-order chi connectivity index (χ0) is 9.50. The molecule has 0 aliphatic carbocycles. The first-order chi connectivity index (χ1) is 4.50. The number of rotatable bonds is 1. The molecule has 0 spiro atoms. The highest BCUT2D eigenvalue weighted by Crippen LogP contribution is 2.38. The molecule has 0 aliphatic rings. The van der Waals surface area contributed by atoms with Crippen LogP contribution in [-0.2, 0) is 10.1 Å². The van der Waals surface area contributed by atoms with Crippen LogP contribution in [0, 0.1) is 0 Å². The lowest BCUT2D eigenvalue weighted by molar-refractivity contribution is -0.243. The van der Waals surface area contributed by atoms with Crippen LogP contribution in [0.2, 0.25) is 0 Å². The van der Waals surface area contributed by atoms with E-state index in [2.05, 4.69) is 0 Å². The Morgan fingerprint density at radius 1 is 1.00 bits per heavy atom. The summed E-state index contributed by atoms with van der Waals surface area (Å²) < 4.78 is 82.2. The summed E-state index contributed by atoms with van der Waals surface area (Å²) in [5.74, 6) is 0. The van der Waals surface area contributed by atoms with Gasteiger partial charge in [0, 0.05) is 0 Å². The molecule has 0 aromatic rings. The van der Waals surface area contributed by atoms with Gasteiger partial charge in [0.2, 0.25) is 0 Å². The molecular weight excluding hydrogens is 226 g/mol. The summed E-state index contributed by atoms with van der Waals surface area (Å²) in [7, 11) is -6.42. The Kier molecular flexibility index (Phi) is 4.20. The monoisotopic (exact) mass is 230 g/mol. The Hall–Kier alpha value is 0.0925. The van der Waals surface area contributed by atoms with E-state index in [4.69, 9.17) is 4.55 Å². The smallest absolute Gasteiger partial charge is 0.281 e. The van der Waals surface area contributed by atoms with Gasteiger partial charge >= 0.3 is 21.5 Å². The second-order valence-electron chi connectivity index (χ2n) is 1.49. The molecule has 10 heteroatoms. The van der Waals surface area contributed by atoms with E-state index in [1.807, 2.05) is 0 Å². The van der Waals surface area contributed by atoms with Crippen LogP contribution in [0.25, 0.3) is 0 Å². The summed E-state index contributed by atoms with van der Waals surface area (Å²) in [5, 5.41) is -6.10. The van der Waals surface area contributed by atoms with Crippen LogP contribution in [0.15, 0.2) is 0 Å². The van der Waals surface area contributed by atoms with Gasteiger partial charge in [-0.1, -0.05) is 0 Å². The standard InChI is InChI=1S/C2HF5O3S.Al.3H/c3-1(4,5)2(6,7)11(8,9)10;;;;/h(H,8,9,10);;;;. The van der Waals surface area contributed by atoms with Crippen molar-refractivity contribution in [2.45, 2.75) is 11.4 Å². The van der Waals surface area contributed by atoms with Crippen molar-refractivity contribution in [3.63, 3.8) is 0 Å². The summed E-state index contributed by atoms with van der Waals surface area (Å²) in [5.41, 5.74) is 0. The molecule has 0 aromatic heterocycles. The maximum atomic E-state index is 11.5. The molecule has 0 rings (SSSR count). The molecule has 0 radical (unpaired) electrons. The Morgan fingerprint density at radius 3 is 1.25 bits per heavy atom. The molecule has 0 amide bonds. The van der Waals surface area contributed by atoms with Crippen molar-refractivity contribution in [2.75, 3.05) is 0 Å². The van der Waals surface area contributed by atoms with Gasteiger partial charge in [-0.05, 0) is 0 Å². The fourth-order valence-electron chi connectivity index (χ4n) is 0.146. The van der Waals surface area contributed by atoms with E-state index < -0.39 is 21.5 Å². The Bertz CT molecular complexity index is 242. The minimum absolute atomic E-state index is 0. The highest BCUT2D eigenvalue weighted by atomic mass is 32.2. The van der Waals surface area contributed by atoms with Gasteiger partial charge in [0.05, 0.1) is 0 Å². The molecule has 0 heterocycles. The molecule has 0 saturated carbocycles. The van der Waals surface area contributed by atoms with Crippen LogP contribution in [0.1, 0.15) is 0 Å². The van der Waals surface area contributed by atoms with Crippen molar-refractivity contribution >= 4 is 27.5 Å². The lowest BCUT2D eigenvalue weighted by atomic mass is 10.7. The molecule has 12 heavy (non-hydrogen) atoms. The first kappa shape index (κ1) is 14.6. The normalized spacial score (nSPS) is 13.8. The van der Waals surface area contributed by atoms with Gasteiger partial charge < -0.3 is 0 Å². The average molecular weight is 230 g/mol. The molecule has 3 nitrogen and oxygen atoms in total. The van der Waals surface area contributed by atoms with Crippen molar-refractivity contribution in [2.24, 2.45) is 0 Å². The number of alkyl halides is 5. The van der Waals surface area contributed by atoms with E-state index in [9.17, 15) is 30.4 Å². The van der Waals surface area contributed by atoms with Crippen molar-refractivity contribution in [3.8, 4) is 0 Å². The van der Waals surface area contributed by atoms with Crippen LogP contribution in [-0.4, -0.2) is 41.8 Å². The maximum Gasteiger partial charge on any atom is 0.472 e. The Morgan fingerprint density at radius 2 is 1.25 bits per heavy atom. The minimum atomic E-state index is -6.42. The lowest BCUT2D eigenvalue weighted by Gasteiger charge is -2.15. The third kappa shape index (κ3) is 2.55. The van der Waals surface area contributed by atoms with E-state index in [1.54, 1.807) is 0 Å². The van der Waals surface area contributed by atoms with Gasteiger partial charge in [-0.2, -0.15) is 30.4 Å². The van der Waals surface area contributed by atoms with E-state index in [-0.39, 0.29) is 17.4 Å². The first-order valence-corrected chi connectivity index (χ1v) is 3.36. The third-order valence-electron chi connectivity index (χ3n) is 0.654. The maximum absolute atomic E-state index is 11.5. The van der Waals surface area contributed by atoms with E-state index in [0.29, 0.717) is 0 Å².